The summed E-state index contributed by atoms with van der Waals surface area (Å²) in [5.74, 6) is -0.245. The SMILES string of the molecule is COC(=O)CCCNC(=O)CN(C)C1CCc2ccccc21. The largest absolute Gasteiger partial charge is 0.469 e. The van der Waals surface area contributed by atoms with E-state index in [4.69, 9.17) is 0 Å². The Morgan fingerprint density at radius 3 is 2.91 bits per heavy atom. The van der Waals surface area contributed by atoms with Crippen molar-refractivity contribution in [2.75, 3.05) is 27.2 Å². The molecule has 22 heavy (non-hydrogen) atoms. The van der Waals surface area contributed by atoms with E-state index in [1.165, 1.54) is 18.2 Å². The number of likely N-dealkylation sites (N-methyl/N-ethyl adjacent to an activating group) is 1. The number of amides is 1. The Kier molecular flexibility index (Phi) is 5.95. The molecule has 1 aromatic rings. The lowest BCUT2D eigenvalue weighted by molar-refractivity contribution is -0.140. The van der Waals surface area contributed by atoms with E-state index in [1.54, 1.807) is 0 Å². The molecule has 0 saturated carbocycles. The van der Waals surface area contributed by atoms with Crippen LogP contribution in [0.4, 0.5) is 0 Å². The van der Waals surface area contributed by atoms with Crippen LogP contribution in [0.3, 0.4) is 0 Å². The molecule has 1 aromatic carbocycles. The van der Waals surface area contributed by atoms with E-state index >= 15 is 0 Å². The highest BCUT2D eigenvalue weighted by Crippen LogP contribution is 2.34. The highest BCUT2D eigenvalue weighted by molar-refractivity contribution is 5.78. The maximum atomic E-state index is 12.0. The molecule has 0 fully saturated rings. The van der Waals surface area contributed by atoms with Gasteiger partial charge in [0.25, 0.3) is 0 Å². The molecule has 0 radical (unpaired) electrons. The van der Waals surface area contributed by atoms with Crippen molar-refractivity contribution >= 4 is 11.9 Å². The van der Waals surface area contributed by atoms with Crippen LogP contribution >= 0.6 is 0 Å². The number of aryl methyl sites for hydroxylation is 1. The Bertz CT molecular complexity index is 530. The van der Waals surface area contributed by atoms with Gasteiger partial charge in [0, 0.05) is 19.0 Å². The molecule has 1 aliphatic rings. The van der Waals surface area contributed by atoms with Gasteiger partial charge in [0.05, 0.1) is 13.7 Å². The van der Waals surface area contributed by atoms with Gasteiger partial charge in [0.1, 0.15) is 0 Å². The second-order valence-electron chi connectivity index (χ2n) is 5.70. The van der Waals surface area contributed by atoms with Crippen molar-refractivity contribution in [1.29, 1.82) is 0 Å². The lowest BCUT2D eigenvalue weighted by atomic mass is 10.1. The smallest absolute Gasteiger partial charge is 0.305 e. The zero-order valence-corrected chi connectivity index (χ0v) is 13.3. The summed E-state index contributed by atoms with van der Waals surface area (Å²) in [6.07, 6.45) is 3.08. The summed E-state index contributed by atoms with van der Waals surface area (Å²) in [6.45, 7) is 0.875. The Labute approximate surface area is 131 Å². The number of fused-ring (bicyclic) bond motifs is 1. The van der Waals surface area contributed by atoms with Crippen molar-refractivity contribution in [3.63, 3.8) is 0 Å². The van der Waals surface area contributed by atoms with Gasteiger partial charge in [-0.25, -0.2) is 0 Å². The van der Waals surface area contributed by atoms with E-state index in [0.717, 1.165) is 12.8 Å². The van der Waals surface area contributed by atoms with Gasteiger partial charge in [0.2, 0.25) is 5.91 Å². The summed E-state index contributed by atoms with van der Waals surface area (Å²) in [7, 11) is 3.36. The summed E-state index contributed by atoms with van der Waals surface area (Å²) < 4.78 is 4.56. The minimum Gasteiger partial charge on any atom is -0.469 e. The summed E-state index contributed by atoms with van der Waals surface area (Å²) in [4.78, 5) is 25.0. The van der Waals surface area contributed by atoms with E-state index in [2.05, 4.69) is 39.2 Å². The van der Waals surface area contributed by atoms with Crippen LogP contribution in [0.1, 0.15) is 36.4 Å². The molecule has 1 N–H and O–H groups in total. The third-order valence-electron chi connectivity index (χ3n) is 4.13. The minimum atomic E-state index is -0.242. The average Bonchev–Trinajstić information content (AvgIpc) is 2.95. The summed E-state index contributed by atoms with van der Waals surface area (Å²) in [5.41, 5.74) is 2.72. The Balaban J connectivity index is 1.74. The normalized spacial score (nSPS) is 16.4. The number of carbonyl (C=O) groups excluding carboxylic acids is 2. The number of ether oxygens (including phenoxy) is 1. The molecule has 1 atom stereocenters. The number of hydrogen-bond donors (Lipinski definition) is 1. The summed E-state index contributed by atoms with van der Waals surface area (Å²) in [5, 5.41) is 2.85. The van der Waals surface area contributed by atoms with Gasteiger partial charge in [-0.2, -0.15) is 0 Å². The molecule has 1 amide bonds. The lowest BCUT2D eigenvalue weighted by Crippen LogP contribution is -2.37. The zero-order valence-electron chi connectivity index (χ0n) is 13.3. The molecule has 0 saturated heterocycles. The van der Waals surface area contributed by atoms with Crippen molar-refractivity contribution in [2.45, 2.75) is 31.7 Å². The quantitative estimate of drug-likeness (QED) is 0.615. The van der Waals surface area contributed by atoms with Crippen LogP contribution < -0.4 is 5.32 Å². The number of benzene rings is 1. The molecule has 0 aliphatic heterocycles. The maximum Gasteiger partial charge on any atom is 0.305 e. The third-order valence-corrected chi connectivity index (χ3v) is 4.13. The predicted octanol–water partition coefficient (Wildman–Crippen LogP) is 1.68. The molecule has 0 heterocycles. The van der Waals surface area contributed by atoms with Crippen molar-refractivity contribution in [3.8, 4) is 0 Å². The molecule has 5 nitrogen and oxygen atoms in total. The maximum absolute atomic E-state index is 12.0. The van der Waals surface area contributed by atoms with Crippen LogP contribution in [-0.4, -0.2) is 44.0 Å². The molecule has 0 spiro atoms. The van der Waals surface area contributed by atoms with E-state index in [1.807, 2.05) is 7.05 Å². The minimum absolute atomic E-state index is 0.00301. The highest BCUT2D eigenvalue weighted by Gasteiger charge is 2.26. The number of nitrogens with one attached hydrogen (secondary N) is 1. The predicted molar refractivity (Wildman–Crippen MR) is 84.4 cm³/mol. The van der Waals surface area contributed by atoms with E-state index in [0.29, 0.717) is 32.0 Å². The van der Waals surface area contributed by atoms with Gasteiger partial charge >= 0.3 is 5.97 Å². The van der Waals surface area contributed by atoms with Crippen LogP contribution in [0.15, 0.2) is 24.3 Å². The van der Waals surface area contributed by atoms with Crippen LogP contribution in [-0.2, 0) is 20.7 Å². The lowest BCUT2D eigenvalue weighted by Gasteiger charge is -2.24. The summed E-state index contributed by atoms with van der Waals surface area (Å²) >= 11 is 0. The standard InChI is InChI=1S/C17H24N2O3/c1-19(12-16(20)18-11-5-8-17(21)22-2)15-10-9-13-6-3-4-7-14(13)15/h3-4,6-7,15H,5,8-12H2,1-2H3,(H,18,20). The fraction of sp³-hybridized carbons (Fsp3) is 0.529. The van der Waals surface area contributed by atoms with Gasteiger partial charge in [-0.05, 0) is 37.4 Å². The van der Waals surface area contributed by atoms with E-state index in [9.17, 15) is 9.59 Å². The number of hydrogen-bond acceptors (Lipinski definition) is 4. The molecular formula is C17H24N2O3. The Hall–Kier alpha value is -1.88. The molecule has 1 unspecified atom stereocenters. The first-order chi connectivity index (χ1) is 10.6. The van der Waals surface area contributed by atoms with Crippen LogP contribution in [0.2, 0.25) is 0 Å². The number of rotatable bonds is 7. The highest BCUT2D eigenvalue weighted by atomic mass is 16.5. The van der Waals surface area contributed by atoms with Crippen LogP contribution in [0, 0.1) is 0 Å². The fourth-order valence-electron chi connectivity index (χ4n) is 2.95. The third kappa shape index (κ3) is 4.31. The van der Waals surface area contributed by atoms with Gasteiger partial charge < -0.3 is 10.1 Å². The topological polar surface area (TPSA) is 58.6 Å². The fourth-order valence-corrected chi connectivity index (χ4v) is 2.95. The van der Waals surface area contributed by atoms with Gasteiger partial charge in [0.15, 0.2) is 0 Å². The first-order valence-electron chi connectivity index (χ1n) is 7.73. The number of esters is 1. The first-order valence-corrected chi connectivity index (χ1v) is 7.73. The van der Waals surface area contributed by atoms with Gasteiger partial charge in [-0.3, -0.25) is 14.5 Å². The molecule has 0 aromatic heterocycles. The average molecular weight is 304 g/mol. The number of carbonyl (C=O) groups is 2. The van der Waals surface area contributed by atoms with E-state index in [-0.39, 0.29) is 11.9 Å². The Morgan fingerprint density at radius 2 is 2.14 bits per heavy atom. The molecule has 0 bridgehead atoms. The molecule has 1 aliphatic carbocycles. The zero-order chi connectivity index (χ0) is 15.9. The van der Waals surface area contributed by atoms with Crippen molar-refractivity contribution in [3.05, 3.63) is 35.4 Å². The first kappa shape index (κ1) is 16.5. The number of nitrogens with zero attached hydrogens (tertiary/aromatic N) is 1. The monoisotopic (exact) mass is 304 g/mol. The molecule has 120 valence electrons. The van der Waals surface area contributed by atoms with Gasteiger partial charge in [-0.15, -0.1) is 0 Å². The van der Waals surface area contributed by atoms with Crippen molar-refractivity contribution in [1.82, 2.24) is 10.2 Å². The second kappa shape index (κ2) is 7.94. The van der Waals surface area contributed by atoms with Gasteiger partial charge in [-0.1, -0.05) is 24.3 Å². The van der Waals surface area contributed by atoms with Crippen LogP contribution in [0.5, 0.6) is 0 Å². The second-order valence-corrected chi connectivity index (χ2v) is 5.70. The van der Waals surface area contributed by atoms with E-state index < -0.39 is 0 Å². The van der Waals surface area contributed by atoms with Crippen molar-refractivity contribution in [2.24, 2.45) is 0 Å². The Morgan fingerprint density at radius 1 is 1.36 bits per heavy atom. The molecule has 5 heteroatoms. The molecular weight excluding hydrogens is 280 g/mol. The van der Waals surface area contributed by atoms with Crippen LogP contribution in [0.25, 0.3) is 0 Å². The summed E-state index contributed by atoms with van der Waals surface area (Å²) in [6, 6.07) is 8.75. The number of methoxy groups -OCH3 is 1. The molecule has 2 rings (SSSR count). The van der Waals surface area contributed by atoms with Crippen molar-refractivity contribution < 1.29 is 14.3 Å².